The molecule has 78 valence electrons. The zero-order valence-corrected chi connectivity index (χ0v) is 8.59. The zero-order valence-electron chi connectivity index (χ0n) is 8.59. The van der Waals surface area contributed by atoms with E-state index in [1.807, 2.05) is 6.92 Å². The molecule has 0 fully saturated rings. The van der Waals surface area contributed by atoms with Gasteiger partial charge in [-0.05, 0) is 20.3 Å². The normalized spacial score (nSPS) is 11.4. The lowest BCUT2D eigenvalue weighted by Crippen LogP contribution is -2.39. The van der Waals surface area contributed by atoms with Crippen LogP contribution < -0.4 is 5.32 Å². The number of rotatable bonds is 6. The van der Waals surface area contributed by atoms with Crippen LogP contribution in [0.1, 0.15) is 27.2 Å². The van der Waals surface area contributed by atoms with Crippen molar-refractivity contribution in [3.05, 3.63) is 0 Å². The molecule has 0 aliphatic carbocycles. The summed E-state index contributed by atoms with van der Waals surface area (Å²) in [5.74, 6) is -0.185. The molecule has 0 unspecified atom stereocenters. The molecule has 13 heavy (non-hydrogen) atoms. The van der Waals surface area contributed by atoms with Crippen LogP contribution in [-0.2, 0) is 9.53 Å². The first-order valence-electron chi connectivity index (χ1n) is 4.52. The number of hydrogen-bond acceptors (Lipinski definition) is 3. The Balaban J connectivity index is 3.41. The number of ether oxygens (including phenoxy) is 1. The van der Waals surface area contributed by atoms with Gasteiger partial charge < -0.3 is 15.2 Å². The highest BCUT2D eigenvalue weighted by atomic mass is 16.5. The predicted octanol–water partition coefficient (Wildman–Crippen LogP) is 0.300. The summed E-state index contributed by atoms with van der Waals surface area (Å²) in [6, 6.07) is 0. The molecule has 2 N–H and O–H groups in total. The van der Waals surface area contributed by atoms with Gasteiger partial charge in [-0.1, -0.05) is 6.92 Å². The highest BCUT2D eigenvalue weighted by molar-refractivity contribution is 5.77. The van der Waals surface area contributed by atoms with E-state index in [0.717, 1.165) is 6.42 Å². The number of aliphatic hydroxyl groups is 1. The lowest BCUT2D eigenvalue weighted by molar-refractivity contribution is -0.126. The molecule has 0 atom stereocenters. The summed E-state index contributed by atoms with van der Waals surface area (Å²) in [6.45, 7) is 6.18. The Morgan fingerprint density at radius 2 is 2.15 bits per heavy atom. The summed E-state index contributed by atoms with van der Waals surface area (Å²) in [6.07, 6.45) is 0.902. The van der Waals surface area contributed by atoms with Gasteiger partial charge in [-0.2, -0.15) is 0 Å². The van der Waals surface area contributed by atoms with Gasteiger partial charge in [-0.25, -0.2) is 0 Å². The van der Waals surface area contributed by atoms with Crippen molar-refractivity contribution in [1.82, 2.24) is 5.32 Å². The van der Waals surface area contributed by atoms with E-state index in [0.29, 0.717) is 6.61 Å². The summed E-state index contributed by atoms with van der Waals surface area (Å²) >= 11 is 0. The molecule has 0 aromatic heterocycles. The Hall–Kier alpha value is -0.610. The first kappa shape index (κ1) is 12.4. The Bertz CT molecular complexity index is 151. The van der Waals surface area contributed by atoms with Crippen LogP contribution in [0, 0.1) is 0 Å². The third-order valence-corrected chi connectivity index (χ3v) is 1.30. The molecule has 0 saturated carbocycles. The van der Waals surface area contributed by atoms with E-state index < -0.39 is 5.60 Å². The number of carbonyl (C=O) groups excluding carboxylic acids is 1. The fraction of sp³-hybridized carbons (Fsp3) is 0.889. The first-order chi connectivity index (χ1) is 5.95. The second-order valence-electron chi connectivity index (χ2n) is 3.64. The molecule has 0 heterocycles. The van der Waals surface area contributed by atoms with Gasteiger partial charge in [0.15, 0.2) is 0 Å². The van der Waals surface area contributed by atoms with Gasteiger partial charge in [-0.15, -0.1) is 0 Å². The van der Waals surface area contributed by atoms with Crippen molar-refractivity contribution in [3.8, 4) is 0 Å². The topological polar surface area (TPSA) is 58.6 Å². The lowest BCUT2D eigenvalue weighted by Gasteiger charge is -2.17. The minimum atomic E-state index is -0.861. The van der Waals surface area contributed by atoms with Crippen molar-refractivity contribution >= 4 is 5.91 Å². The molecule has 4 heteroatoms. The fourth-order valence-corrected chi connectivity index (χ4v) is 0.675. The van der Waals surface area contributed by atoms with Crippen LogP contribution in [0.15, 0.2) is 0 Å². The van der Waals surface area contributed by atoms with E-state index >= 15 is 0 Å². The molecule has 4 nitrogen and oxygen atoms in total. The summed E-state index contributed by atoms with van der Waals surface area (Å²) in [5.41, 5.74) is -0.861. The van der Waals surface area contributed by atoms with Gasteiger partial charge in [0.05, 0.1) is 5.60 Å². The van der Waals surface area contributed by atoms with Gasteiger partial charge in [0.25, 0.3) is 0 Å². The van der Waals surface area contributed by atoms with Crippen molar-refractivity contribution < 1.29 is 14.6 Å². The van der Waals surface area contributed by atoms with Crippen molar-refractivity contribution in [3.63, 3.8) is 0 Å². The lowest BCUT2D eigenvalue weighted by atomic mass is 10.1. The Labute approximate surface area is 79.3 Å². The molecule has 0 spiro atoms. The zero-order chi connectivity index (χ0) is 10.3. The van der Waals surface area contributed by atoms with Crippen LogP contribution in [0.3, 0.4) is 0 Å². The monoisotopic (exact) mass is 189 g/mol. The maximum absolute atomic E-state index is 11.0. The second-order valence-corrected chi connectivity index (χ2v) is 3.64. The van der Waals surface area contributed by atoms with Crippen molar-refractivity contribution in [2.45, 2.75) is 32.8 Å². The summed E-state index contributed by atoms with van der Waals surface area (Å²) < 4.78 is 5.02. The standard InChI is InChI=1S/C9H19NO3/c1-4-5-13-6-8(11)10-7-9(2,3)12/h12H,4-7H2,1-3H3,(H,10,11). The molecule has 0 radical (unpaired) electrons. The smallest absolute Gasteiger partial charge is 0.246 e. The second kappa shape index (κ2) is 5.94. The number of carbonyl (C=O) groups is 1. The minimum Gasteiger partial charge on any atom is -0.389 e. The molecule has 0 aliphatic rings. The summed E-state index contributed by atoms with van der Waals surface area (Å²) in [7, 11) is 0. The SMILES string of the molecule is CCCOCC(=O)NCC(C)(C)O. The van der Waals surface area contributed by atoms with Crippen molar-refractivity contribution in [2.24, 2.45) is 0 Å². The van der Waals surface area contributed by atoms with Gasteiger partial charge in [0.2, 0.25) is 5.91 Å². The molecule has 0 aromatic rings. The van der Waals surface area contributed by atoms with Crippen LogP contribution >= 0.6 is 0 Å². The third kappa shape index (κ3) is 9.30. The van der Waals surface area contributed by atoms with E-state index in [1.54, 1.807) is 13.8 Å². The Kier molecular flexibility index (Phi) is 5.66. The highest BCUT2D eigenvalue weighted by Crippen LogP contribution is 1.96. The van der Waals surface area contributed by atoms with Crippen LogP contribution in [0.5, 0.6) is 0 Å². The molecule has 0 bridgehead atoms. The van der Waals surface area contributed by atoms with Gasteiger partial charge >= 0.3 is 0 Å². The van der Waals surface area contributed by atoms with Crippen molar-refractivity contribution in [2.75, 3.05) is 19.8 Å². The van der Waals surface area contributed by atoms with Gasteiger partial charge in [0, 0.05) is 13.2 Å². The predicted molar refractivity (Wildman–Crippen MR) is 50.4 cm³/mol. The molecule has 0 saturated heterocycles. The van der Waals surface area contributed by atoms with E-state index in [-0.39, 0.29) is 19.1 Å². The van der Waals surface area contributed by atoms with E-state index in [4.69, 9.17) is 4.74 Å². The molecule has 1 amide bonds. The van der Waals surface area contributed by atoms with Crippen LogP contribution in [0.2, 0.25) is 0 Å². The van der Waals surface area contributed by atoms with E-state index in [9.17, 15) is 9.90 Å². The third-order valence-electron chi connectivity index (χ3n) is 1.30. The van der Waals surface area contributed by atoms with Gasteiger partial charge in [0.1, 0.15) is 6.61 Å². The molecular formula is C9H19NO3. The number of amides is 1. The highest BCUT2D eigenvalue weighted by Gasteiger charge is 2.13. The first-order valence-corrected chi connectivity index (χ1v) is 4.52. The number of nitrogens with one attached hydrogen (secondary N) is 1. The maximum atomic E-state index is 11.0. The maximum Gasteiger partial charge on any atom is 0.246 e. The summed E-state index contributed by atoms with van der Waals surface area (Å²) in [4.78, 5) is 11.0. The quantitative estimate of drug-likeness (QED) is 0.591. The van der Waals surface area contributed by atoms with Crippen LogP contribution in [0.4, 0.5) is 0 Å². The number of hydrogen-bond donors (Lipinski definition) is 2. The molecule has 0 aromatic carbocycles. The Morgan fingerprint density at radius 3 is 2.62 bits per heavy atom. The average Bonchev–Trinajstić information content (AvgIpc) is 2.00. The molecule has 0 rings (SSSR count). The largest absolute Gasteiger partial charge is 0.389 e. The van der Waals surface area contributed by atoms with Gasteiger partial charge in [-0.3, -0.25) is 4.79 Å². The Morgan fingerprint density at radius 1 is 1.54 bits per heavy atom. The van der Waals surface area contributed by atoms with E-state index in [2.05, 4.69) is 5.32 Å². The minimum absolute atomic E-state index is 0.0733. The van der Waals surface area contributed by atoms with E-state index in [1.165, 1.54) is 0 Å². The van der Waals surface area contributed by atoms with Crippen molar-refractivity contribution in [1.29, 1.82) is 0 Å². The molecule has 0 aliphatic heterocycles. The fourth-order valence-electron chi connectivity index (χ4n) is 0.675. The average molecular weight is 189 g/mol. The van der Waals surface area contributed by atoms with Crippen LogP contribution in [0.25, 0.3) is 0 Å². The van der Waals surface area contributed by atoms with Crippen LogP contribution in [-0.4, -0.2) is 36.4 Å². The summed E-state index contributed by atoms with van der Waals surface area (Å²) in [5, 5.41) is 11.9. The molecular weight excluding hydrogens is 170 g/mol.